The Hall–Kier alpha value is -0.830. The molecule has 1 rings (SSSR count). The molecule has 0 aromatic carbocycles. The predicted molar refractivity (Wildman–Crippen MR) is 56.2 cm³/mol. The van der Waals surface area contributed by atoms with Gasteiger partial charge in [-0.2, -0.15) is 0 Å². The van der Waals surface area contributed by atoms with Crippen LogP contribution >= 0.6 is 0 Å². The van der Waals surface area contributed by atoms with E-state index >= 15 is 0 Å². The Kier molecular flexibility index (Phi) is 4.66. The van der Waals surface area contributed by atoms with Crippen molar-refractivity contribution >= 4 is 5.97 Å². The SMILES string of the molecule is CC1CCC(NC/C=C/C(=O)O)CC1. The molecule has 1 saturated carbocycles. The molecule has 0 bridgehead atoms. The molecule has 0 spiro atoms. The van der Waals surface area contributed by atoms with Gasteiger partial charge in [-0.3, -0.25) is 0 Å². The molecule has 14 heavy (non-hydrogen) atoms. The first-order chi connectivity index (χ1) is 6.68. The van der Waals surface area contributed by atoms with Gasteiger partial charge in [-0.05, 0) is 31.6 Å². The number of carboxylic acid groups (broad SMARTS) is 1. The highest BCUT2D eigenvalue weighted by molar-refractivity contribution is 5.79. The summed E-state index contributed by atoms with van der Waals surface area (Å²) in [5.74, 6) is -0.00771. The number of nitrogens with one attached hydrogen (secondary N) is 1. The summed E-state index contributed by atoms with van der Waals surface area (Å²) in [6.45, 7) is 2.96. The van der Waals surface area contributed by atoms with Crippen LogP contribution < -0.4 is 5.32 Å². The first-order valence-corrected chi connectivity index (χ1v) is 5.31. The van der Waals surface area contributed by atoms with E-state index in [1.807, 2.05) is 0 Å². The Bertz CT molecular complexity index is 205. The fraction of sp³-hybridized carbons (Fsp3) is 0.727. The van der Waals surface area contributed by atoms with Crippen molar-refractivity contribution in [2.45, 2.75) is 38.6 Å². The summed E-state index contributed by atoms with van der Waals surface area (Å²) in [5.41, 5.74) is 0. The third-order valence-corrected chi connectivity index (χ3v) is 2.80. The topological polar surface area (TPSA) is 49.3 Å². The van der Waals surface area contributed by atoms with Crippen LogP contribution in [0, 0.1) is 5.92 Å². The van der Waals surface area contributed by atoms with Gasteiger partial charge in [-0.25, -0.2) is 4.79 Å². The van der Waals surface area contributed by atoms with E-state index in [4.69, 9.17) is 5.11 Å². The van der Waals surface area contributed by atoms with E-state index in [1.165, 1.54) is 31.8 Å². The normalized spacial score (nSPS) is 28.1. The Morgan fingerprint density at radius 3 is 2.64 bits per heavy atom. The van der Waals surface area contributed by atoms with Gasteiger partial charge in [0.2, 0.25) is 0 Å². The van der Waals surface area contributed by atoms with E-state index in [1.54, 1.807) is 6.08 Å². The molecule has 1 fully saturated rings. The quantitative estimate of drug-likeness (QED) is 0.676. The van der Waals surface area contributed by atoms with Crippen molar-refractivity contribution in [3.05, 3.63) is 12.2 Å². The van der Waals surface area contributed by atoms with Crippen LogP contribution in [-0.2, 0) is 4.79 Å². The summed E-state index contributed by atoms with van der Waals surface area (Å²) < 4.78 is 0. The summed E-state index contributed by atoms with van der Waals surface area (Å²) in [4.78, 5) is 10.2. The molecule has 0 atom stereocenters. The summed E-state index contributed by atoms with van der Waals surface area (Å²) >= 11 is 0. The molecular weight excluding hydrogens is 178 g/mol. The van der Waals surface area contributed by atoms with Crippen LogP contribution in [0.2, 0.25) is 0 Å². The van der Waals surface area contributed by atoms with Crippen LogP contribution in [-0.4, -0.2) is 23.7 Å². The molecule has 0 radical (unpaired) electrons. The van der Waals surface area contributed by atoms with Crippen molar-refractivity contribution in [1.29, 1.82) is 0 Å². The van der Waals surface area contributed by atoms with Gasteiger partial charge in [0.05, 0.1) is 0 Å². The lowest BCUT2D eigenvalue weighted by Crippen LogP contribution is -2.32. The molecule has 3 nitrogen and oxygen atoms in total. The molecule has 80 valence electrons. The van der Waals surface area contributed by atoms with Crippen molar-refractivity contribution < 1.29 is 9.90 Å². The highest BCUT2D eigenvalue weighted by Crippen LogP contribution is 2.23. The van der Waals surface area contributed by atoms with Crippen LogP contribution in [0.1, 0.15) is 32.6 Å². The second-order valence-corrected chi connectivity index (χ2v) is 4.11. The maximum absolute atomic E-state index is 10.2. The first-order valence-electron chi connectivity index (χ1n) is 5.31. The highest BCUT2D eigenvalue weighted by Gasteiger charge is 2.16. The average molecular weight is 197 g/mol. The summed E-state index contributed by atoms with van der Waals surface area (Å²) in [5, 5.41) is 11.7. The third kappa shape index (κ3) is 4.42. The summed E-state index contributed by atoms with van der Waals surface area (Å²) in [7, 11) is 0. The van der Waals surface area contributed by atoms with Crippen LogP contribution in [0.15, 0.2) is 12.2 Å². The van der Waals surface area contributed by atoms with Crippen LogP contribution in [0.25, 0.3) is 0 Å². The van der Waals surface area contributed by atoms with Gasteiger partial charge < -0.3 is 10.4 Å². The van der Waals surface area contributed by atoms with Crippen molar-refractivity contribution in [3.63, 3.8) is 0 Å². The second-order valence-electron chi connectivity index (χ2n) is 4.11. The maximum Gasteiger partial charge on any atom is 0.328 e. The Labute approximate surface area is 85.2 Å². The number of rotatable bonds is 4. The Morgan fingerprint density at radius 2 is 2.07 bits per heavy atom. The van der Waals surface area contributed by atoms with E-state index in [0.29, 0.717) is 12.6 Å². The fourth-order valence-electron chi connectivity index (χ4n) is 1.86. The Morgan fingerprint density at radius 1 is 1.43 bits per heavy atom. The molecule has 0 heterocycles. The van der Waals surface area contributed by atoms with Crippen LogP contribution in [0.3, 0.4) is 0 Å². The van der Waals surface area contributed by atoms with Crippen molar-refractivity contribution in [3.8, 4) is 0 Å². The van der Waals surface area contributed by atoms with Gasteiger partial charge in [-0.1, -0.05) is 13.0 Å². The number of hydrogen-bond acceptors (Lipinski definition) is 2. The standard InChI is InChI=1S/C11H19NO2/c1-9-4-6-10(7-5-9)12-8-2-3-11(13)14/h2-3,9-10,12H,4-8H2,1H3,(H,13,14)/b3-2+. The van der Waals surface area contributed by atoms with Gasteiger partial charge in [0.15, 0.2) is 0 Å². The lowest BCUT2D eigenvalue weighted by atomic mass is 9.87. The van der Waals surface area contributed by atoms with E-state index in [2.05, 4.69) is 12.2 Å². The smallest absolute Gasteiger partial charge is 0.328 e. The predicted octanol–water partition coefficient (Wildman–Crippen LogP) is 1.80. The molecule has 0 unspecified atom stereocenters. The molecule has 0 saturated heterocycles. The number of aliphatic carboxylic acids is 1. The van der Waals surface area contributed by atoms with Crippen molar-refractivity contribution in [1.82, 2.24) is 5.32 Å². The Balaban J connectivity index is 2.10. The minimum absolute atomic E-state index is 0.588. The van der Waals surface area contributed by atoms with E-state index in [0.717, 1.165) is 5.92 Å². The second kappa shape index (κ2) is 5.81. The van der Waals surface area contributed by atoms with Gasteiger partial charge in [0, 0.05) is 18.7 Å². The number of hydrogen-bond donors (Lipinski definition) is 2. The van der Waals surface area contributed by atoms with Crippen LogP contribution in [0.5, 0.6) is 0 Å². The molecule has 0 amide bonds. The highest BCUT2D eigenvalue weighted by atomic mass is 16.4. The molecule has 0 aromatic rings. The molecule has 0 aromatic heterocycles. The van der Waals surface area contributed by atoms with E-state index in [-0.39, 0.29) is 0 Å². The lowest BCUT2D eigenvalue weighted by Gasteiger charge is -2.26. The van der Waals surface area contributed by atoms with Crippen molar-refractivity contribution in [2.75, 3.05) is 6.54 Å². The summed E-state index contributed by atoms with van der Waals surface area (Å²) in [6.07, 6.45) is 7.89. The minimum Gasteiger partial charge on any atom is -0.478 e. The number of carbonyl (C=O) groups is 1. The van der Waals surface area contributed by atoms with E-state index in [9.17, 15) is 4.79 Å². The third-order valence-electron chi connectivity index (χ3n) is 2.80. The molecule has 1 aliphatic rings. The fourth-order valence-corrected chi connectivity index (χ4v) is 1.86. The molecular formula is C11H19NO2. The largest absolute Gasteiger partial charge is 0.478 e. The molecule has 3 heteroatoms. The van der Waals surface area contributed by atoms with Gasteiger partial charge >= 0.3 is 5.97 Å². The van der Waals surface area contributed by atoms with Gasteiger partial charge in [0.1, 0.15) is 0 Å². The molecule has 2 N–H and O–H groups in total. The number of carboxylic acids is 1. The van der Waals surface area contributed by atoms with Crippen molar-refractivity contribution in [2.24, 2.45) is 5.92 Å². The molecule has 0 aliphatic heterocycles. The van der Waals surface area contributed by atoms with Crippen LogP contribution in [0.4, 0.5) is 0 Å². The zero-order chi connectivity index (χ0) is 10.4. The van der Waals surface area contributed by atoms with Gasteiger partial charge in [0.25, 0.3) is 0 Å². The molecule has 1 aliphatic carbocycles. The minimum atomic E-state index is -0.871. The summed E-state index contributed by atoms with van der Waals surface area (Å²) in [6, 6.07) is 0.588. The maximum atomic E-state index is 10.2. The first kappa shape index (κ1) is 11.2. The zero-order valence-electron chi connectivity index (χ0n) is 8.70. The average Bonchev–Trinajstić information content (AvgIpc) is 2.15. The zero-order valence-corrected chi connectivity index (χ0v) is 8.70. The van der Waals surface area contributed by atoms with Gasteiger partial charge in [-0.15, -0.1) is 0 Å². The van der Waals surface area contributed by atoms with E-state index < -0.39 is 5.97 Å². The monoisotopic (exact) mass is 197 g/mol. The lowest BCUT2D eigenvalue weighted by molar-refractivity contribution is -0.131.